The lowest BCUT2D eigenvalue weighted by molar-refractivity contribution is -0.0613. The Morgan fingerprint density at radius 3 is 2.50 bits per heavy atom. The van der Waals surface area contributed by atoms with Gasteiger partial charge in [0.1, 0.15) is 5.75 Å². The first-order valence-corrected chi connectivity index (χ1v) is 4.54. The number of hydrogen-bond donors (Lipinski definition) is 0. The van der Waals surface area contributed by atoms with Gasteiger partial charge >= 0.3 is 0 Å². The van der Waals surface area contributed by atoms with Gasteiger partial charge in [-0.1, -0.05) is 0 Å². The number of hydrogen-bond acceptors (Lipinski definition) is 3. The van der Waals surface area contributed by atoms with E-state index in [4.69, 9.17) is 14.7 Å². The maximum absolute atomic E-state index is 8.58. The zero-order valence-corrected chi connectivity index (χ0v) is 8.36. The Labute approximate surface area is 83.9 Å². The fourth-order valence-corrected chi connectivity index (χ4v) is 1.07. The summed E-state index contributed by atoms with van der Waals surface area (Å²) in [6.07, 6.45) is -0.257. The minimum Gasteiger partial charge on any atom is -0.465 e. The van der Waals surface area contributed by atoms with Gasteiger partial charge in [-0.2, -0.15) is 5.26 Å². The largest absolute Gasteiger partial charge is 0.465 e. The van der Waals surface area contributed by atoms with Crippen molar-refractivity contribution >= 4 is 0 Å². The third-order valence-corrected chi connectivity index (χ3v) is 1.69. The summed E-state index contributed by atoms with van der Waals surface area (Å²) in [7, 11) is 0. The lowest BCUT2D eigenvalue weighted by Crippen LogP contribution is -2.15. The smallest absolute Gasteiger partial charge is 0.196 e. The number of benzene rings is 1. The molecular formula is C11H13NO2. The zero-order valence-electron chi connectivity index (χ0n) is 8.36. The Morgan fingerprint density at radius 2 is 2.00 bits per heavy atom. The second kappa shape index (κ2) is 5.25. The van der Waals surface area contributed by atoms with Gasteiger partial charge in [-0.25, -0.2) is 0 Å². The summed E-state index contributed by atoms with van der Waals surface area (Å²) in [6.45, 7) is 4.37. The van der Waals surface area contributed by atoms with Gasteiger partial charge in [0, 0.05) is 6.61 Å². The first-order valence-electron chi connectivity index (χ1n) is 4.54. The van der Waals surface area contributed by atoms with E-state index in [0.717, 1.165) is 0 Å². The molecule has 0 bridgehead atoms. The molecule has 0 aromatic heterocycles. The van der Waals surface area contributed by atoms with Crippen molar-refractivity contribution in [2.24, 2.45) is 0 Å². The molecule has 1 aromatic carbocycles. The average molecular weight is 191 g/mol. The van der Waals surface area contributed by atoms with Crippen LogP contribution >= 0.6 is 0 Å². The molecule has 0 aliphatic heterocycles. The van der Waals surface area contributed by atoms with Crippen LogP contribution in [-0.2, 0) is 4.74 Å². The molecule has 0 aliphatic rings. The van der Waals surface area contributed by atoms with Crippen molar-refractivity contribution in [1.29, 1.82) is 5.26 Å². The van der Waals surface area contributed by atoms with E-state index in [-0.39, 0.29) is 6.29 Å². The first-order chi connectivity index (χ1) is 6.76. The Kier molecular flexibility index (Phi) is 3.96. The summed E-state index contributed by atoms with van der Waals surface area (Å²) in [4.78, 5) is 0. The topological polar surface area (TPSA) is 42.2 Å². The highest BCUT2D eigenvalue weighted by atomic mass is 16.7. The average Bonchev–Trinajstić information content (AvgIpc) is 2.19. The summed E-state index contributed by atoms with van der Waals surface area (Å²) in [5, 5.41) is 8.58. The highest BCUT2D eigenvalue weighted by molar-refractivity contribution is 5.34. The summed E-state index contributed by atoms with van der Waals surface area (Å²) in [6, 6.07) is 8.99. The van der Waals surface area contributed by atoms with Crippen molar-refractivity contribution in [2.75, 3.05) is 6.61 Å². The van der Waals surface area contributed by atoms with E-state index in [1.807, 2.05) is 19.9 Å². The Morgan fingerprint density at radius 1 is 1.36 bits per heavy atom. The van der Waals surface area contributed by atoms with Crippen LogP contribution < -0.4 is 4.74 Å². The number of rotatable bonds is 4. The lowest BCUT2D eigenvalue weighted by atomic mass is 10.2. The minimum atomic E-state index is -0.257. The fraction of sp³-hybridized carbons (Fsp3) is 0.364. The molecule has 0 saturated heterocycles. The van der Waals surface area contributed by atoms with Crippen LogP contribution in [0.1, 0.15) is 19.4 Å². The molecule has 1 atom stereocenters. The summed E-state index contributed by atoms with van der Waals surface area (Å²) in [5.74, 6) is 0.713. The molecular weight excluding hydrogens is 178 g/mol. The monoisotopic (exact) mass is 191 g/mol. The van der Waals surface area contributed by atoms with Crippen molar-refractivity contribution < 1.29 is 9.47 Å². The third kappa shape index (κ3) is 3.08. The molecule has 0 spiro atoms. The number of ether oxygens (including phenoxy) is 2. The Hall–Kier alpha value is -1.53. The first kappa shape index (κ1) is 10.6. The van der Waals surface area contributed by atoms with E-state index in [2.05, 4.69) is 0 Å². The summed E-state index contributed by atoms with van der Waals surface area (Å²) < 4.78 is 10.6. The molecule has 74 valence electrons. The fourth-order valence-electron chi connectivity index (χ4n) is 1.07. The van der Waals surface area contributed by atoms with Gasteiger partial charge in [0.25, 0.3) is 0 Å². The molecule has 1 aromatic rings. The van der Waals surface area contributed by atoms with Gasteiger partial charge in [-0.15, -0.1) is 0 Å². The SMILES string of the molecule is CCO[C@@H](C)Oc1ccc(C#N)cc1. The van der Waals surface area contributed by atoms with Crippen LogP contribution in [0.2, 0.25) is 0 Å². The molecule has 0 radical (unpaired) electrons. The van der Waals surface area contributed by atoms with Crippen LogP contribution in [0, 0.1) is 11.3 Å². The van der Waals surface area contributed by atoms with Gasteiger partial charge in [-0.05, 0) is 38.1 Å². The number of nitriles is 1. The molecule has 1 rings (SSSR count). The highest BCUT2D eigenvalue weighted by Crippen LogP contribution is 2.13. The molecule has 0 aliphatic carbocycles. The molecule has 0 amide bonds. The van der Waals surface area contributed by atoms with Gasteiger partial charge in [0.05, 0.1) is 11.6 Å². The van der Waals surface area contributed by atoms with Crippen LogP contribution in [0.4, 0.5) is 0 Å². The van der Waals surface area contributed by atoms with Gasteiger partial charge in [0.15, 0.2) is 6.29 Å². The second-order valence-electron chi connectivity index (χ2n) is 2.78. The van der Waals surface area contributed by atoms with E-state index in [0.29, 0.717) is 17.9 Å². The molecule has 0 fully saturated rings. The maximum atomic E-state index is 8.58. The van der Waals surface area contributed by atoms with Crippen molar-refractivity contribution in [2.45, 2.75) is 20.1 Å². The number of nitrogens with zero attached hydrogens (tertiary/aromatic N) is 1. The molecule has 0 unspecified atom stereocenters. The lowest BCUT2D eigenvalue weighted by Gasteiger charge is -2.13. The molecule has 0 heterocycles. The van der Waals surface area contributed by atoms with E-state index < -0.39 is 0 Å². The van der Waals surface area contributed by atoms with Crippen LogP contribution in [0.5, 0.6) is 5.75 Å². The summed E-state index contributed by atoms with van der Waals surface area (Å²) in [5.41, 5.74) is 0.626. The molecule has 3 nitrogen and oxygen atoms in total. The van der Waals surface area contributed by atoms with Crippen molar-refractivity contribution in [3.8, 4) is 11.8 Å². The van der Waals surface area contributed by atoms with Gasteiger partial charge in [0.2, 0.25) is 0 Å². The van der Waals surface area contributed by atoms with E-state index in [9.17, 15) is 0 Å². The normalized spacial score (nSPS) is 11.8. The second-order valence-corrected chi connectivity index (χ2v) is 2.78. The van der Waals surface area contributed by atoms with E-state index in [1.165, 1.54) is 0 Å². The van der Waals surface area contributed by atoms with Crippen LogP contribution in [-0.4, -0.2) is 12.9 Å². The van der Waals surface area contributed by atoms with Crippen molar-refractivity contribution in [3.63, 3.8) is 0 Å². The third-order valence-electron chi connectivity index (χ3n) is 1.69. The molecule has 0 saturated carbocycles. The van der Waals surface area contributed by atoms with Crippen LogP contribution in [0.25, 0.3) is 0 Å². The molecule has 0 N–H and O–H groups in total. The highest BCUT2D eigenvalue weighted by Gasteiger charge is 2.01. The predicted octanol–water partition coefficient (Wildman–Crippen LogP) is 2.32. The Balaban J connectivity index is 2.56. The predicted molar refractivity (Wildman–Crippen MR) is 52.9 cm³/mol. The zero-order chi connectivity index (χ0) is 10.4. The van der Waals surface area contributed by atoms with Crippen LogP contribution in [0.15, 0.2) is 24.3 Å². The van der Waals surface area contributed by atoms with E-state index >= 15 is 0 Å². The summed E-state index contributed by atoms with van der Waals surface area (Å²) >= 11 is 0. The minimum absolute atomic E-state index is 0.257. The van der Waals surface area contributed by atoms with Crippen molar-refractivity contribution in [3.05, 3.63) is 29.8 Å². The quantitative estimate of drug-likeness (QED) is 0.686. The van der Waals surface area contributed by atoms with Crippen molar-refractivity contribution in [1.82, 2.24) is 0 Å². The van der Waals surface area contributed by atoms with Gasteiger partial charge < -0.3 is 9.47 Å². The maximum Gasteiger partial charge on any atom is 0.196 e. The molecule has 14 heavy (non-hydrogen) atoms. The standard InChI is InChI=1S/C11H13NO2/c1-3-13-9(2)14-11-6-4-10(8-12)5-7-11/h4-7,9H,3H2,1-2H3/t9-/m1/s1. The van der Waals surface area contributed by atoms with Gasteiger partial charge in [-0.3, -0.25) is 0 Å². The molecule has 3 heteroatoms. The van der Waals surface area contributed by atoms with E-state index in [1.54, 1.807) is 24.3 Å². The Bertz CT molecular complexity index is 313. The van der Waals surface area contributed by atoms with Crippen LogP contribution in [0.3, 0.4) is 0 Å².